The Bertz CT molecular complexity index is 2340. The van der Waals surface area contributed by atoms with Crippen molar-refractivity contribution in [1.29, 1.82) is 0 Å². The number of rotatable bonds is 6. The minimum Gasteiger partial charge on any atom is -0.337 e. The Morgan fingerprint density at radius 2 is 1.00 bits per heavy atom. The maximum Gasteiger partial charge on any atom is 0.0496 e. The lowest BCUT2D eigenvalue weighted by Gasteiger charge is -2.26. The molecule has 8 aromatic rings. The molecule has 0 N–H and O–H groups in total. The van der Waals surface area contributed by atoms with Crippen molar-refractivity contribution in [2.75, 3.05) is 4.90 Å². The van der Waals surface area contributed by atoms with E-state index in [0.717, 1.165) is 6.54 Å². The minimum atomic E-state index is -0.0241. The van der Waals surface area contributed by atoms with Gasteiger partial charge in [-0.3, -0.25) is 0 Å². The van der Waals surface area contributed by atoms with Crippen LogP contribution in [0.4, 0.5) is 11.4 Å². The average molecular weight is 607 g/mol. The van der Waals surface area contributed by atoms with E-state index < -0.39 is 0 Å². The molecule has 7 aromatic carbocycles. The van der Waals surface area contributed by atoms with Gasteiger partial charge in [-0.2, -0.15) is 0 Å². The molecule has 2 nitrogen and oxygen atoms in total. The van der Waals surface area contributed by atoms with Crippen molar-refractivity contribution in [2.45, 2.75) is 32.9 Å². The Kier molecular flexibility index (Phi) is 7.14. The van der Waals surface area contributed by atoms with Crippen LogP contribution in [-0.4, -0.2) is 4.57 Å². The fourth-order valence-corrected chi connectivity index (χ4v) is 7.19. The van der Waals surface area contributed by atoms with E-state index in [9.17, 15) is 0 Å². The van der Waals surface area contributed by atoms with Crippen LogP contribution < -0.4 is 4.90 Å². The summed E-state index contributed by atoms with van der Waals surface area (Å²) < 4.78 is 2.48. The quantitative estimate of drug-likeness (QED) is 0.183. The summed E-state index contributed by atoms with van der Waals surface area (Å²) in [4.78, 5) is 2.42. The molecule has 0 aliphatic rings. The zero-order valence-electron chi connectivity index (χ0n) is 27.2. The first kappa shape index (κ1) is 28.8. The monoisotopic (exact) mass is 606 g/mol. The Hall–Kier alpha value is -5.60. The van der Waals surface area contributed by atoms with Gasteiger partial charge in [-0.05, 0) is 102 Å². The lowest BCUT2D eigenvalue weighted by Crippen LogP contribution is -2.21. The van der Waals surface area contributed by atoms with Crippen LogP contribution in [0.3, 0.4) is 0 Å². The summed E-state index contributed by atoms with van der Waals surface area (Å²) in [6, 6.07) is 59.6. The SMILES string of the molecule is CC(C)(C)n1c2ccccc2c2cc(-c3ccc(CN(c4ccccc4)c4ccc(-c5ccccc5)cc4)c4ccccc34)ccc21. The molecule has 0 radical (unpaired) electrons. The summed E-state index contributed by atoms with van der Waals surface area (Å²) in [7, 11) is 0. The minimum absolute atomic E-state index is 0.0241. The first-order valence-electron chi connectivity index (χ1n) is 16.5. The molecule has 0 unspecified atom stereocenters. The van der Waals surface area contributed by atoms with Gasteiger partial charge in [0, 0.05) is 45.3 Å². The van der Waals surface area contributed by atoms with Crippen LogP contribution in [0.15, 0.2) is 164 Å². The number of anilines is 2. The number of fused-ring (bicyclic) bond motifs is 4. The molecule has 0 aliphatic carbocycles. The molecule has 1 heterocycles. The van der Waals surface area contributed by atoms with Gasteiger partial charge in [-0.15, -0.1) is 0 Å². The van der Waals surface area contributed by atoms with Crippen molar-refractivity contribution in [1.82, 2.24) is 4.57 Å². The fourth-order valence-electron chi connectivity index (χ4n) is 7.19. The molecule has 8 rings (SSSR count). The zero-order valence-corrected chi connectivity index (χ0v) is 27.2. The van der Waals surface area contributed by atoms with Gasteiger partial charge in [-0.1, -0.05) is 121 Å². The van der Waals surface area contributed by atoms with E-state index in [1.165, 1.54) is 71.8 Å². The molecule has 0 spiro atoms. The second kappa shape index (κ2) is 11.6. The van der Waals surface area contributed by atoms with Crippen molar-refractivity contribution in [3.05, 3.63) is 169 Å². The van der Waals surface area contributed by atoms with Crippen molar-refractivity contribution >= 4 is 44.0 Å². The van der Waals surface area contributed by atoms with E-state index in [0.29, 0.717) is 0 Å². The second-order valence-electron chi connectivity index (χ2n) is 13.4. The summed E-state index contributed by atoms with van der Waals surface area (Å²) in [5.41, 5.74) is 11.1. The number of nitrogens with zero attached hydrogens (tertiary/aromatic N) is 2. The molecule has 0 atom stereocenters. The van der Waals surface area contributed by atoms with Crippen molar-refractivity contribution in [3.8, 4) is 22.3 Å². The molecule has 0 bridgehead atoms. The fraction of sp³-hybridized carbons (Fsp3) is 0.111. The third kappa shape index (κ3) is 5.26. The maximum atomic E-state index is 2.48. The van der Waals surface area contributed by atoms with Crippen molar-refractivity contribution in [2.24, 2.45) is 0 Å². The van der Waals surface area contributed by atoms with Crippen LogP contribution >= 0.6 is 0 Å². The molecule has 1 aromatic heterocycles. The van der Waals surface area contributed by atoms with Crippen LogP contribution in [0, 0.1) is 0 Å². The van der Waals surface area contributed by atoms with Gasteiger partial charge in [0.05, 0.1) is 0 Å². The van der Waals surface area contributed by atoms with E-state index in [4.69, 9.17) is 0 Å². The summed E-state index contributed by atoms with van der Waals surface area (Å²) in [5, 5.41) is 5.16. The molecule has 0 fully saturated rings. The summed E-state index contributed by atoms with van der Waals surface area (Å²) in [5.74, 6) is 0. The zero-order chi connectivity index (χ0) is 32.0. The van der Waals surface area contributed by atoms with E-state index >= 15 is 0 Å². The number of hydrogen-bond donors (Lipinski definition) is 0. The molecule has 0 aliphatic heterocycles. The topological polar surface area (TPSA) is 8.17 Å². The number of hydrogen-bond acceptors (Lipinski definition) is 1. The van der Waals surface area contributed by atoms with E-state index in [-0.39, 0.29) is 5.54 Å². The van der Waals surface area contributed by atoms with Crippen LogP contribution in [0.1, 0.15) is 26.3 Å². The Balaban J connectivity index is 1.22. The highest BCUT2D eigenvalue weighted by atomic mass is 15.1. The lowest BCUT2D eigenvalue weighted by atomic mass is 9.93. The molecular formula is C45H38N2. The Labute approximate surface area is 277 Å². The molecule has 0 saturated heterocycles. The van der Waals surface area contributed by atoms with Gasteiger partial charge in [0.25, 0.3) is 0 Å². The van der Waals surface area contributed by atoms with Crippen molar-refractivity contribution in [3.63, 3.8) is 0 Å². The van der Waals surface area contributed by atoms with Crippen LogP contribution in [0.2, 0.25) is 0 Å². The highest BCUT2D eigenvalue weighted by Gasteiger charge is 2.21. The predicted octanol–water partition coefficient (Wildman–Crippen LogP) is 12.4. The normalized spacial score (nSPS) is 11.8. The smallest absolute Gasteiger partial charge is 0.0496 e. The second-order valence-corrected chi connectivity index (χ2v) is 13.4. The number of benzene rings is 7. The summed E-state index contributed by atoms with van der Waals surface area (Å²) in [6.45, 7) is 7.62. The molecule has 2 heteroatoms. The average Bonchev–Trinajstić information content (AvgIpc) is 3.46. The van der Waals surface area contributed by atoms with Crippen LogP contribution in [0.5, 0.6) is 0 Å². The third-order valence-electron chi connectivity index (χ3n) is 9.35. The van der Waals surface area contributed by atoms with Gasteiger partial charge < -0.3 is 9.47 Å². The van der Waals surface area contributed by atoms with Gasteiger partial charge in [0.15, 0.2) is 0 Å². The highest BCUT2D eigenvalue weighted by molar-refractivity contribution is 6.10. The van der Waals surface area contributed by atoms with E-state index in [2.05, 4.69) is 194 Å². The van der Waals surface area contributed by atoms with Crippen molar-refractivity contribution < 1.29 is 0 Å². The van der Waals surface area contributed by atoms with Crippen LogP contribution in [-0.2, 0) is 12.1 Å². The molecule has 0 amide bonds. The van der Waals surface area contributed by atoms with E-state index in [1.54, 1.807) is 0 Å². The molecule has 47 heavy (non-hydrogen) atoms. The van der Waals surface area contributed by atoms with Gasteiger partial charge in [-0.25, -0.2) is 0 Å². The van der Waals surface area contributed by atoms with Crippen LogP contribution in [0.25, 0.3) is 54.8 Å². The summed E-state index contributed by atoms with van der Waals surface area (Å²) >= 11 is 0. The number of aromatic nitrogens is 1. The molecular weight excluding hydrogens is 569 g/mol. The highest BCUT2D eigenvalue weighted by Crippen LogP contribution is 2.39. The predicted molar refractivity (Wildman–Crippen MR) is 202 cm³/mol. The largest absolute Gasteiger partial charge is 0.337 e. The third-order valence-corrected chi connectivity index (χ3v) is 9.35. The number of para-hydroxylation sites is 2. The molecule has 228 valence electrons. The summed E-state index contributed by atoms with van der Waals surface area (Å²) in [6.07, 6.45) is 0. The first-order chi connectivity index (χ1) is 23.0. The van der Waals surface area contributed by atoms with Gasteiger partial charge in [0.1, 0.15) is 0 Å². The van der Waals surface area contributed by atoms with Gasteiger partial charge >= 0.3 is 0 Å². The Morgan fingerprint density at radius 3 is 1.72 bits per heavy atom. The molecule has 0 saturated carbocycles. The maximum absolute atomic E-state index is 2.48. The first-order valence-corrected chi connectivity index (χ1v) is 16.5. The lowest BCUT2D eigenvalue weighted by molar-refractivity contribution is 0.423. The van der Waals surface area contributed by atoms with E-state index in [1.807, 2.05) is 0 Å². The van der Waals surface area contributed by atoms with Gasteiger partial charge in [0.2, 0.25) is 0 Å². The standard InChI is InChI=1S/C45H38N2/c1-45(2,3)47-43-21-13-12-20-41(43)42-30-34(25-29-44(42)47)39-28-24-35(38-18-10-11-19-40(38)39)31-46(36-16-8-5-9-17-36)37-26-22-33(23-27-37)32-14-6-4-7-15-32/h4-30H,31H2,1-3H3. The Morgan fingerprint density at radius 1 is 0.447 bits per heavy atom.